The topological polar surface area (TPSA) is 46.6 Å². The first-order chi connectivity index (χ1) is 6.38. The van der Waals surface area contributed by atoms with Gasteiger partial charge in [0.05, 0.1) is 0 Å². The first-order valence-corrected chi connectivity index (χ1v) is 5.11. The van der Waals surface area contributed by atoms with Crippen molar-refractivity contribution in [3.8, 4) is 5.75 Å². The first kappa shape index (κ1) is 10.8. The molecular weight excluding hydrogens is 209 g/mol. The number of benzene rings is 1. The zero-order valence-electron chi connectivity index (χ0n) is 7.77. The summed E-state index contributed by atoms with van der Waals surface area (Å²) in [6, 6.07) is 6.01. The summed E-state index contributed by atoms with van der Waals surface area (Å²) in [5, 5.41) is 0. The van der Waals surface area contributed by atoms with Gasteiger partial charge >= 0.3 is 10.5 Å². The minimum Gasteiger partial charge on any atom is -0.378 e. The summed E-state index contributed by atoms with van der Waals surface area (Å²) in [4.78, 5) is 1.83. The van der Waals surface area contributed by atoms with E-state index in [0.717, 1.165) is 5.69 Å². The Bertz CT molecular complexity index is 399. The van der Waals surface area contributed by atoms with Crippen LogP contribution in [0.2, 0.25) is 0 Å². The average molecular weight is 219 g/mol. The zero-order chi connectivity index (χ0) is 10.8. The van der Waals surface area contributed by atoms with Crippen molar-refractivity contribution in [3.63, 3.8) is 0 Å². The summed E-state index contributed by atoms with van der Waals surface area (Å²) in [7, 11) is -1.25. The highest BCUT2D eigenvalue weighted by atomic mass is 32.3. The van der Waals surface area contributed by atoms with Gasteiger partial charge in [-0.15, -0.1) is 0 Å². The van der Waals surface area contributed by atoms with Gasteiger partial charge in [-0.25, -0.2) is 0 Å². The second kappa shape index (κ2) is 3.83. The highest BCUT2D eigenvalue weighted by molar-refractivity contribution is 7.81. The molecule has 1 aromatic rings. The van der Waals surface area contributed by atoms with Crippen molar-refractivity contribution in [2.45, 2.75) is 0 Å². The van der Waals surface area contributed by atoms with Crippen LogP contribution in [0.5, 0.6) is 5.75 Å². The molecule has 0 aromatic heterocycles. The molecule has 0 unspecified atom stereocenters. The molecule has 0 saturated carbocycles. The molecule has 0 fully saturated rings. The molecule has 0 radical (unpaired) electrons. The monoisotopic (exact) mass is 219 g/mol. The van der Waals surface area contributed by atoms with Gasteiger partial charge in [-0.1, -0.05) is 3.89 Å². The van der Waals surface area contributed by atoms with E-state index in [0.29, 0.717) is 0 Å². The van der Waals surface area contributed by atoms with Crippen molar-refractivity contribution in [1.29, 1.82) is 0 Å². The van der Waals surface area contributed by atoms with Crippen LogP contribution in [0.4, 0.5) is 9.57 Å². The Morgan fingerprint density at radius 2 is 1.71 bits per heavy atom. The lowest BCUT2D eigenvalue weighted by molar-refractivity contribution is 0.440. The van der Waals surface area contributed by atoms with Crippen LogP contribution in [-0.2, 0) is 10.5 Å². The Balaban J connectivity index is 2.84. The molecule has 0 aliphatic carbocycles. The largest absolute Gasteiger partial charge is 0.488 e. The Morgan fingerprint density at radius 1 is 1.21 bits per heavy atom. The maximum atomic E-state index is 12.1. The van der Waals surface area contributed by atoms with Crippen LogP contribution in [0, 0.1) is 0 Å². The average Bonchev–Trinajstić information content (AvgIpc) is 2.02. The van der Waals surface area contributed by atoms with Crippen molar-refractivity contribution >= 4 is 16.2 Å². The molecule has 0 aliphatic heterocycles. The summed E-state index contributed by atoms with van der Waals surface area (Å²) >= 11 is 0. The Hall–Kier alpha value is -1.30. The second-order valence-corrected chi connectivity index (χ2v) is 3.82. The first-order valence-electron chi connectivity index (χ1n) is 3.80. The third-order valence-electron chi connectivity index (χ3n) is 1.55. The van der Waals surface area contributed by atoms with E-state index in [1.165, 1.54) is 12.1 Å². The fourth-order valence-electron chi connectivity index (χ4n) is 0.915. The molecular formula is C8H10FNO3S. The van der Waals surface area contributed by atoms with Crippen LogP contribution in [0.15, 0.2) is 24.3 Å². The van der Waals surface area contributed by atoms with E-state index in [4.69, 9.17) is 0 Å². The molecule has 4 nitrogen and oxygen atoms in total. The molecule has 0 atom stereocenters. The predicted octanol–water partition coefficient (Wildman–Crippen LogP) is 1.35. The summed E-state index contributed by atoms with van der Waals surface area (Å²) < 4.78 is 36.3. The summed E-state index contributed by atoms with van der Waals surface area (Å²) in [5.41, 5.74) is 0.869. The number of anilines is 1. The van der Waals surface area contributed by atoms with E-state index in [-0.39, 0.29) is 5.75 Å². The summed E-state index contributed by atoms with van der Waals surface area (Å²) in [5.74, 6) is -0.0434. The van der Waals surface area contributed by atoms with Crippen LogP contribution in [-0.4, -0.2) is 22.5 Å². The van der Waals surface area contributed by atoms with Gasteiger partial charge in [0.2, 0.25) is 0 Å². The Labute approximate surface area is 82.3 Å². The minimum atomic E-state index is -4.92. The van der Waals surface area contributed by atoms with E-state index >= 15 is 0 Å². The van der Waals surface area contributed by atoms with E-state index in [1.54, 1.807) is 12.1 Å². The lowest BCUT2D eigenvalue weighted by Crippen LogP contribution is -2.08. The Kier molecular flexibility index (Phi) is 2.95. The van der Waals surface area contributed by atoms with Gasteiger partial charge in [0.25, 0.3) is 0 Å². The molecule has 0 bridgehead atoms. The van der Waals surface area contributed by atoms with Crippen molar-refractivity contribution in [2.24, 2.45) is 0 Å². The molecule has 78 valence electrons. The molecule has 0 heterocycles. The standard InChI is InChI=1S/C8H10FNO3S/c1-10(2)7-3-5-8(6-4-7)13-14(9,11)12/h3-6H,1-2H3. The van der Waals surface area contributed by atoms with Crippen molar-refractivity contribution in [1.82, 2.24) is 0 Å². The molecule has 0 saturated heterocycles. The van der Waals surface area contributed by atoms with Crippen molar-refractivity contribution < 1.29 is 16.5 Å². The molecule has 0 spiro atoms. The molecule has 1 rings (SSSR count). The second-order valence-electron chi connectivity index (χ2n) is 2.86. The minimum absolute atomic E-state index is 0.0434. The molecule has 1 aromatic carbocycles. The van der Waals surface area contributed by atoms with Crippen LogP contribution in [0.3, 0.4) is 0 Å². The normalized spacial score (nSPS) is 11.1. The lowest BCUT2D eigenvalue weighted by Gasteiger charge is -2.11. The molecule has 14 heavy (non-hydrogen) atoms. The van der Waals surface area contributed by atoms with Crippen molar-refractivity contribution in [2.75, 3.05) is 19.0 Å². The van der Waals surface area contributed by atoms with Crippen LogP contribution < -0.4 is 9.08 Å². The molecule has 0 amide bonds. The van der Waals surface area contributed by atoms with Gasteiger partial charge in [-0.05, 0) is 24.3 Å². The number of hydrogen-bond donors (Lipinski definition) is 0. The number of rotatable bonds is 3. The van der Waals surface area contributed by atoms with Gasteiger partial charge in [0, 0.05) is 19.8 Å². The van der Waals surface area contributed by atoms with Gasteiger partial charge < -0.3 is 9.08 Å². The van der Waals surface area contributed by atoms with E-state index in [9.17, 15) is 12.3 Å². The van der Waals surface area contributed by atoms with E-state index in [2.05, 4.69) is 4.18 Å². The SMILES string of the molecule is CN(C)c1ccc(OS(=O)(=O)F)cc1. The van der Waals surface area contributed by atoms with Gasteiger partial charge in [0.1, 0.15) is 5.75 Å². The van der Waals surface area contributed by atoms with E-state index < -0.39 is 10.5 Å². The maximum Gasteiger partial charge on any atom is 0.488 e. The third kappa shape index (κ3) is 3.21. The molecule has 0 aliphatic rings. The Morgan fingerprint density at radius 3 is 2.07 bits per heavy atom. The predicted molar refractivity (Wildman–Crippen MR) is 51.4 cm³/mol. The van der Waals surface area contributed by atoms with Gasteiger partial charge in [0.15, 0.2) is 0 Å². The third-order valence-corrected chi connectivity index (χ3v) is 1.94. The van der Waals surface area contributed by atoms with Crippen LogP contribution in [0.25, 0.3) is 0 Å². The smallest absolute Gasteiger partial charge is 0.378 e. The quantitative estimate of drug-likeness (QED) is 0.720. The van der Waals surface area contributed by atoms with Gasteiger partial charge in [-0.2, -0.15) is 8.42 Å². The van der Waals surface area contributed by atoms with Crippen molar-refractivity contribution in [3.05, 3.63) is 24.3 Å². The maximum absolute atomic E-state index is 12.1. The fourth-order valence-corrected chi connectivity index (χ4v) is 1.26. The molecule has 0 N–H and O–H groups in total. The van der Waals surface area contributed by atoms with Gasteiger partial charge in [-0.3, -0.25) is 0 Å². The highest BCUT2D eigenvalue weighted by Gasteiger charge is 2.08. The van der Waals surface area contributed by atoms with E-state index in [1.807, 2.05) is 19.0 Å². The number of hydrogen-bond acceptors (Lipinski definition) is 4. The zero-order valence-corrected chi connectivity index (χ0v) is 8.58. The number of halogens is 1. The van der Waals surface area contributed by atoms with Crippen LogP contribution in [0.1, 0.15) is 0 Å². The fraction of sp³-hybridized carbons (Fsp3) is 0.250. The highest BCUT2D eigenvalue weighted by Crippen LogP contribution is 2.18. The number of nitrogens with zero attached hydrogens (tertiary/aromatic N) is 1. The summed E-state index contributed by atoms with van der Waals surface area (Å²) in [6.07, 6.45) is 0. The summed E-state index contributed by atoms with van der Waals surface area (Å²) in [6.45, 7) is 0. The lowest BCUT2D eigenvalue weighted by atomic mass is 10.3. The molecule has 6 heteroatoms. The van der Waals surface area contributed by atoms with Crippen LogP contribution >= 0.6 is 0 Å².